The molecule has 0 aliphatic carbocycles. The van der Waals surface area contributed by atoms with Gasteiger partial charge in [-0.25, -0.2) is 0 Å². The summed E-state index contributed by atoms with van der Waals surface area (Å²) < 4.78 is 8.71. The number of pyridine rings is 1. The van der Waals surface area contributed by atoms with E-state index in [1.54, 1.807) is 0 Å². The highest BCUT2D eigenvalue weighted by atomic mass is 127. The minimum atomic E-state index is -0.102. The van der Waals surface area contributed by atoms with Crippen molar-refractivity contribution in [3.8, 4) is 5.75 Å². The zero-order valence-electron chi connectivity index (χ0n) is 13.3. The van der Waals surface area contributed by atoms with E-state index in [1.807, 2.05) is 4.90 Å². The summed E-state index contributed by atoms with van der Waals surface area (Å²) in [7, 11) is 0. The average molecular weight is 428 g/mol. The highest BCUT2D eigenvalue weighted by Crippen LogP contribution is 2.43. The maximum atomic E-state index is 13.0. The number of unbranched alkanes of at least 4 members (excludes halogenated alkanes) is 1. The zero-order valence-corrected chi connectivity index (χ0v) is 15.5. The first-order valence-electron chi connectivity index (χ1n) is 8.55. The van der Waals surface area contributed by atoms with Crippen molar-refractivity contribution in [1.82, 2.24) is 9.47 Å². The normalized spacial score (nSPS) is 24.8. The molecule has 1 saturated heterocycles. The summed E-state index contributed by atoms with van der Waals surface area (Å²) in [5.41, 5.74) is 1.45. The SMILES string of the molecule is CCCCOc1c2n3c(c(I)c1=O)CCC3C1CCCN1C2=O. The van der Waals surface area contributed by atoms with Gasteiger partial charge in [-0.15, -0.1) is 0 Å². The standard InChI is InChI=1S/C17H21IN2O3/c1-2-3-9-23-16-14-17(22)19-8-4-5-10(19)11-6-7-12(20(11)14)13(18)15(16)21/h10-11H,2-9H2,1H3. The Labute approximate surface area is 149 Å². The van der Waals surface area contributed by atoms with E-state index in [4.69, 9.17) is 4.74 Å². The summed E-state index contributed by atoms with van der Waals surface area (Å²) in [6.45, 7) is 3.39. The first-order valence-corrected chi connectivity index (χ1v) is 9.63. The minimum absolute atomic E-state index is 0.00750. The van der Waals surface area contributed by atoms with E-state index in [-0.39, 0.29) is 17.1 Å². The van der Waals surface area contributed by atoms with Gasteiger partial charge >= 0.3 is 0 Å². The van der Waals surface area contributed by atoms with Crippen molar-refractivity contribution in [3.63, 3.8) is 0 Å². The molecule has 0 bridgehead atoms. The van der Waals surface area contributed by atoms with Crippen molar-refractivity contribution in [3.05, 3.63) is 25.2 Å². The van der Waals surface area contributed by atoms with E-state index in [2.05, 4.69) is 34.1 Å². The highest BCUT2D eigenvalue weighted by molar-refractivity contribution is 14.1. The predicted octanol–water partition coefficient (Wildman–Crippen LogP) is 2.74. The Kier molecular flexibility index (Phi) is 3.90. The number of nitrogens with zero attached hydrogens (tertiary/aromatic N) is 2. The summed E-state index contributed by atoms with van der Waals surface area (Å²) in [5.74, 6) is 0.278. The number of rotatable bonds is 4. The van der Waals surface area contributed by atoms with Gasteiger partial charge in [-0.2, -0.15) is 0 Å². The number of carbonyl (C=O) groups excluding carboxylic acids is 1. The monoisotopic (exact) mass is 428 g/mol. The number of ether oxygens (including phenoxy) is 1. The quantitative estimate of drug-likeness (QED) is 0.548. The van der Waals surface area contributed by atoms with E-state index in [1.165, 1.54) is 0 Å². The number of hydrogen-bond acceptors (Lipinski definition) is 3. The maximum absolute atomic E-state index is 13.0. The molecular formula is C17H21IN2O3. The maximum Gasteiger partial charge on any atom is 0.274 e. The third-order valence-corrected chi connectivity index (χ3v) is 6.48. The summed E-state index contributed by atoms with van der Waals surface area (Å²) in [4.78, 5) is 27.8. The largest absolute Gasteiger partial charge is 0.487 e. The number of amides is 1. The Bertz CT molecular complexity index is 728. The fourth-order valence-corrected chi connectivity index (χ4v) is 5.07. The van der Waals surface area contributed by atoms with E-state index in [0.29, 0.717) is 24.4 Å². The molecule has 4 heterocycles. The van der Waals surface area contributed by atoms with E-state index in [0.717, 1.165) is 54.3 Å². The second kappa shape index (κ2) is 5.79. The zero-order chi connectivity index (χ0) is 16.1. The van der Waals surface area contributed by atoms with Gasteiger partial charge in [-0.3, -0.25) is 9.59 Å². The van der Waals surface area contributed by atoms with Gasteiger partial charge in [0.15, 0.2) is 11.4 Å². The number of hydrogen-bond donors (Lipinski definition) is 0. The summed E-state index contributed by atoms with van der Waals surface area (Å²) in [6, 6.07) is 0.626. The summed E-state index contributed by atoms with van der Waals surface area (Å²) in [5, 5.41) is 0. The van der Waals surface area contributed by atoms with Crippen LogP contribution in [0.2, 0.25) is 0 Å². The number of halogens is 1. The van der Waals surface area contributed by atoms with Gasteiger partial charge in [0.1, 0.15) is 0 Å². The van der Waals surface area contributed by atoms with E-state index < -0.39 is 0 Å². The molecule has 0 spiro atoms. The van der Waals surface area contributed by atoms with Gasteiger partial charge in [-0.1, -0.05) is 13.3 Å². The highest BCUT2D eigenvalue weighted by Gasteiger charge is 2.47. The molecule has 5 nitrogen and oxygen atoms in total. The smallest absolute Gasteiger partial charge is 0.274 e. The van der Waals surface area contributed by atoms with Gasteiger partial charge in [0.25, 0.3) is 5.91 Å². The second-order valence-electron chi connectivity index (χ2n) is 6.65. The fourth-order valence-electron chi connectivity index (χ4n) is 4.30. The summed E-state index contributed by atoms with van der Waals surface area (Å²) >= 11 is 2.13. The number of aromatic nitrogens is 1. The molecule has 1 aromatic heterocycles. The second-order valence-corrected chi connectivity index (χ2v) is 7.73. The Balaban J connectivity index is 1.89. The molecule has 6 heteroatoms. The van der Waals surface area contributed by atoms with Gasteiger partial charge in [0.2, 0.25) is 5.43 Å². The van der Waals surface area contributed by atoms with Gasteiger partial charge in [-0.05, 0) is 54.7 Å². The van der Waals surface area contributed by atoms with Crippen LogP contribution in [0.5, 0.6) is 5.75 Å². The first-order chi connectivity index (χ1) is 11.1. The van der Waals surface area contributed by atoms with Crippen LogP contribution in [0.15, 0.2) is 4.79 Å². The Morgan fingerprint density at radius 3 is 2.87 bits per heavy atom. The first kappa shape index (κ1) is 15.5. The number of carbonyl (C=O) groups is 1. The minimum Gasteiger partial charge on any atom is -0.487 e. The van der Waals surface area contributed by atoms with Gasteiger partial charge in [0.05, 0.1) is 22.3 Å². The van der Waals surface area contributed by atoms with Crippen molar-refractivity contribution in [2.24, 2.45) is 0 Å². The van der Waals surface area contributed by atoms with E-state index >= 15 is 0 Å². The topological polar surface area (TPSA) is 51.5 Å². The summed E-state index contributed by atoms with van der Waals surface area (Å²) in [6.07, 6.45) is 5.94. The molecule has 1 aromatic rings. The molecule has 23 heavy (non-hydrogen) atoms. The van der Waals surface area contributed by atoms with Crippen molar-refractivity contribution in [2.75, 3.05) is 13.2 Å². The van der Waals surface area contributed by atoms with Crippen LogP contribution in [-0.2, 0) is 6.42 Å². The Morgan fingerprint density at radius 2 is 2.09 bits per heavy atom. The molecule has 0 aromatic carbocycles. The van der Waals surface area contributed by atoms with Crippen LogP contribution < -0.4 is 10.2 Å². The van der Waals surface area contributed by atoms with Crippen molar-refractivity contribution in [1.29, 1.82) is 0 Å². The van der Waals surface area contributed by atoms with Crippen LogP contribution in [0.25, 0.3) is 0 Å². The van der Waals surface area contributed by atoms with E-state index in [9.17, 15) is 9.59 Å². The van der Waals surface area contributed by atoms with Gasteiger partial charge in [0, 0.05) is 12.2 Å². The third kappa shape index (κ3) is 2.16. The van der Waals surface area contributed by atoms with Crippen LogP contribution >= 0.6 is 22.6 Å². The molecule has 1 fully saturated rings. The lowest BCUT2D eigenvalue weighted by Gasteiger charge is -2.38. The van der Waals surface area contributed by atoms with Crippen molar-refractivity contribution < 1.29 is 9.53 Å². The number of fused-ring (bicyclic) bond motifs is 2. The molecule has 4 rings (SSSR count). The van der Waals surface area contributed by atoms with Crippen molar-refractivity contribution in [2.45, 2.75) is 57.5 Å². The molecule has 0 radical (unpaired) electrons. The molecule has 3 aliphatic heterocycles. The van der Waals surface area contributed by atoms with Crippen LogP contribution in [-0.4, -0.2) is 34.6 Å². The lowest BCUT2D eigenvalue weighted by Crippen LogP contribution is -2.47. The van der Waals surface area contributed by atoms with Crippen LogP contribution in [0.1, 0.15) is 61.3 Å². The lowest BCUT2D eigenvalue weighted by atomic mass is 10.0. The molecule has 0 saturated carbocycles. The molecular weight excluding hydrogens is 407 g/mol. The molecule has 2 atom stereocenters. The van der Waals surface area contributed by atoms with Crippen molar-refractivity contribution >= 4 is 28.5 Å². The van der Waals surface area contributed by atoms with Crippen LogP contribution in [0.4, 0.5) is 0 Å². The molecule has 2 unspecified atom stereocenters. The molecule has 3 aliphatic rings. The molecule has 0 N–H and O–H groups in total. The van der Waals surface area contributed by atoms with Crippen LogP contribution in [0, 0.1) is 3.57 Å². The van der Waals surface area contributed by atoms with Gasteiger partial charge < -0.3 is 14.2 Å². The Morgan fingerprint density at radius 1 is 1.26 bits per heavy atom. The fraction of sp³-hybridized carbons (Fsp3) is 0.647. The molecule has 124 valence electrons. The lowest BCUT2D eigenvalue weighted by molar-refractivity contribution is 0.0609. The average Bonchev–Trinajstić information content (AvgIpc) is 3.18. The molecule has 1 amide bonds. The van der Waals surface area contributed by atoms with Crippen LogP contribution in [0.3, 0.4) is 0 Å². The Hall–Kier alpha value is -1.05. The predicted molar refractivity (Wildman–Crippen MR) is 95.2 cm³/mol. The third-order valence-electron chi connectivity index (χ3n) is 5.37.